The molecule has 0 unspecified atom stereocenters. The predicted molar refractivity (Wildman–Crippen MR) is 114 cm³/mol. The zero-order chi connectivity index (χ0) is 20.2. The molecule has 3 aromatic carbocycles. The highest BCUT2D eigenvalue weighted by Crippen LogP contribution is 2.26. The Balaban J connectivity index is 1.56. The van der Waals surface area contributed by atoms with Crippen LogP contribution in [-0.4, -0.2) is 0 Å². The van der Waals surface area contributed by atoms with E-state index in [9.17, 15) is 4.79 Å². The maximum absolute atomic E-state index is 12.8. The molecule has 1 heterocycles. The van der Waals surface area contributed by atoms with E-state index < -0.39 is 0 Å². The molecule has 0 aliphatic heterocycles. The third-order valence-corrected chi connectivity index (χ3v) is 4.81. The van der Waals surface area contributed by atoms with Gasteiger partial charge < -0.3 is 13.9 Å². The van der Waals surface area contributed by atoms with Crippen molar-refractivity contribution in [3.8, 4) is 17.2 Å². The topological polar surface area (TPSA) is 48.7 Å². The van der Waals surface area contributed by atoms with Crippen molar-refractivity contribution in [3.05, 3.63) is 99.9 Å². The minimum atomic E-state index is -0.206. The largest absolute Gasteiger partial charge is 0.489 e. The fourth-order valence-corrected chi connectivity index (χ4v) is 3.12. The van der Waals surface area contributed by atoms with Crippen molar-refractivity contribution in [1.82, 2.24) is 0 Å². The molecule has 0 atom stereocenters. The monoisotopic (exact) mass is 386 g/mol. The van der Waals surface area contributed by atoms with Gasteiger partial charge in [0.1, 0.15) is 30.0 Å². The Morgan fingerprint density at radius 2 is 1.72 bits per heavy atom. The Hall–Kier alpha value is -3.53. The van der Waals surface area contributed by atoms with E-state index in [1.54, 1.807) is 18.2 Å². The Morgan fingerprint density at radius 3 is 2.52 bits per heavy atom. The molecule has 4 heteroatoms. The minimum Gasteiger partial charge on any atom is -0.489 e. The Bertz CT molecular complexity index is 1190. The maximum atomic E-state index is 12.8. The number of rotatable bonds is 6. The minimum absolute atomic E-state index is 0.173. The molecule has 0 N–H and O–H groups in total. The molecule has 146 valence electrons. The van der Waals surface area contributed by atoms with Crippen LogP contribution in [0, 0.1) is 6.92 Å². The number of ether oxygens (including phenoxy) is 2. The van der Waals surface area contributed by atoms with Crippen LogP contribution in [0.25, 0.3) is 11.0 Å². The third-order valence-electron chi connectivity index (χ3n) is 4.81. The lowest BCUT2D eigenvalue weighted by molar-refractivity contribution is 0.306. The van der Waals surface area contributed by atoms with Crippen molar-refractivity contribution in [3.63, 3.8) is 0 Å². The summed E-state index contributed by atoms with van der Waals surface area (Å²) in [6, 6.07) is 21.1. The number of aryl methyl sites for hydroxylation is 2. The first kappa shape index (κ1) is 18.8. The van der Waals surface area contributed by atoms with Crippen molar-refractivity contribution in [2.24, 2.45) is 0 Å². The number of hydrogen-bond donors (Lipinski definition) is 0. The van der Waals surface area contributed by atoms with Crippen molar-refractivity contribution in [2.75, 3.05) is 0 Å². The average Bonchev–Trinajstić information content (AvgIpc) is 2.75. The summed E-state index contributed by atoms with van der Waals surface area (Å²) >= 11 is 0. The summed E-state index contributed by atoms with van der Waals surface area (Å²) in [5.74, 6) is 1.48. The van der Waals surface area contributed by atoms with Gasteiger partial charge in [-0.25, -0.2) is 0 Å². The van der Waals surface area contributed by atoms with Gasteiger partial charge >= 0.3 is 0 Å². The summed E-state index contributed by atoms with van der Waals surface area (Å²) in [4.78, 5) is 12.8. The molecule has 0 bridgehead atoms. The van der Waals surface area contributed by atoms with Gasteiger partial charge in [-0.2, -0.15) is 0 Å². The molecule has 0 saturated carbocycles. The average molecular weight is 386 g/mol. The quantitative estimate of drug-likeness (QED) is 0.406. The fourth-order valence-electron chi connectivity index (χ4n) is 3.12. The lowest BCUT2D eigenvalue weighted by Gasteiger charge is -2.10. The van der Waals surface area contributed by atoms with Crippen molar-refractivity contribution in [2.45, 2.75) is 26.9 Å². The summed E-state index contributed by atoms with van der Waals surface area (Å²) in [5.41, 5.74) is 3.58. The van der Waals surface area contributed by atoms with E-state index in [2.05, 4.69) is 19.1 Å². The van der Waals surface area contributed by atoms with E-state index >= 15 is 0 Å². The first-order valence-corrected chi connectivity index (χ1v) is 9.63. The predicted octanol–water partition coefficient (Wildman–Crippen LogP) is 6.04. The van der Waals surface area contributed by atoms with Crippen molar-refractivity contribution < 1.29 is 13.9 Å². The number of fused-ring (bicyclic) bond motifs is 1. The molecule has 0 spiro atoms. The van der Waals surface area contributed by atoms with E-state index in [1.807, 2.05) is 43.3 Å². The number of benzene rings is 3. The van der Waals surface area contributed by atoms with Gasteiger partial charge in [0, 0.05) is 6.07 Å². The van der Waals surface area contributed by atoms with Crippen molar-refractivity contribution in [1.29, 1.82) is 0 Å². The van der Waals surface area contributed by atoms with Gasteiger partial charge in [-0.3, -0.25) is 4.79 Å². The fraction of sp³-hybridized carbons (Fsp3) is 0.160. The summed E-state index contributed by atoms with van der Waals surface area (Å²) in [6.45, 7) is 4.54. The van der Waals surface area contributed by atoms with Gasteiger partial charge in [0.25, 0.3) is 0 Å². The highest BCUT2D eigenvalue weighted by atomic mass is 16.5. The molecule has 4 aromatic rings. The molecule has 29 heavy (non-hydrogen) atoms. The van der Waals surface area contributed by atoms with Gasteiger partial charge in [-0.1, -0.05) is 55.0 Å². The van der Waals surface area contributed by atoms with Crippen LogP contribution in [0.3, 0.4) is 0 Å². The van der Waals surface area contributed by atoms with E-state index in [4.69, 9.17) is 13.9 Å². The molecular weight excluding hydrogens is 364 g/mol. The Labute approximate surface area is 169 Å². The summed E-state index contributed by atoms with van der Waals surface area (Å²) < 4.78 is 17.4. The van der Waals surface area contributed by atoms with Gasteiger partial charge in [-0.15, -0.1) is 0 Å². The molecular formula is C25H22O4. The molecule has 0 radical (unpaired) electrons. The van der Waals surface area contributed by atoms with Crippen LogP contribution in [0.15, 0.2) is 82.2 Å². The third kappa shape index (κ3) is 4.16. The molecule has 0 amide bonds. The van der Waals surface area contributed by atoms with E-state index in [0.717, 1.165) is 17.5 Å². The first-order valence-electron chi connectivity index (χ1n) is 9.63. The molecule has 4 rings (SSSR count). The van der Waals surface area contributed by atoms with Gasteiger partial charge in [0.15, 0.2) is 0 Å². The normalized spacial score (nSPS) is 10.8. The molecule has 0 fully saturated rings. The molecule has 4 nitrogen and oxygen atoms in total. The van der Waals surface area contributed by atoms with Gasteiger partial charge in [-0.05, 0) is 42.7 Å². The SMILES string of the molecule is CCc1ccccc1Oc1coc2cc(OCc3ccc(C)cc3)ccc2c1=O. The van der Waals surface area contributed by atoms with Crippen molar-refractivity contribution >= 4 is 11.0 Å². The molecule has 0 aliphatic rings. The van der Waals surface area contributed by atoms with Crippen LogP contribution in [0.4, 0.5) is 0 Å². The van der Waals surface area contributed by atoms with Gasteiger partial charge in [0.2, 0.25) is 11.2 Å². The van der Waals surface area contributed by atoms with Crippen LogP contribution < -0.4 is 14.9 Å². The van der Waals surface area contributed by atoms with Crippen LogP contribution in [0.5, 0.6) is 17.2 Å². The second kappa shape index (κ2) is 8.23. The second-order valence-corrected chi connectivity index (χ2v) is 6.92. The van der Waals surface area contributed by atoms with Crippen LogP contribution in [0.1, 0.15) is 23.6 Å². The lowest BCUT2D eigenvalue weighted by Crippen LogP contribution is -2.06. The highest BCUT2D eigenvalue weighted by molar-refractivity contribution is 5.79. The van der Waals surface area contributed by atoms with Crippen LogP contribution in [-0.2, 0) is 13.0 Å². The molecule has 0 aliphatic carbocycles. The molecule has 1 aromatic heterocycles. The zero-order valence-corrected chi connectivity index (χ0v) is 16.5. The summed E-state index contributed by atoms with van der Waals surface area (Å²) in [5, 5.41) is 0.458. The highest BCUT2D eigenvalue weighted by Gasteiger charge is 2.12. The number of hydrogen-bond acceptors (Lipinski definition) is 4. The smallest absolute Gasteiger partial charge is 0.235 e. The van der Waals surface area contributed by atoms with E-state index in [-0.39, 0.29) is 11.2 Å². The lowest BCUT2D eigenvalue weighted by atomic mass is 10.1. The van der Waals surface area contributed by atoms with Crippen LogP contribution >= 0.6 is 0 Å². The maximum Gasteiger partial charge on any atom is 0.235 e. The molecule has 0 saturated heterocycles. The van der Waals surface area contributed by atoms with Crippen LogP contribution in [0.2, 0.25) is 0 Å². The second-order valence-electron chi connectivity index (χ2n) is 6.92. The first-order chi connectivity index (χ1) is 14.1. The standard InChI is InChI=1S/C25H22O4/c1-3-19-6-4-5-7-22(19)29-24-16-28-23-14-20(12-13-21(23)25(24)26)27-15-18-10-8-17(2)9-11-18/h4-14,16H,3,15H2,1-2H3. The summed E-state index contributed by atoms with van der Waals surface area (Å²) in [6.07, 6.45) is 2.18. The summed E-state index contributed by atoms with van der Waals surface area (Å²) in [7, 11) is 0. The Morgan fingerprint density at radius 1 is 0.931 bits per heavy atom. The zero-order valence-electron chi connectivity index (χ0n) is 16.5. The number of para-hydroxylation sites is 1. The van der Waals surface area contributed by atoms with E-state index in [0.29, 0.717) is 29.1 Å². The Kier molecular flexibility index (Phi) is 5.34. The van der Waals surface area contributed by atoms with Gasteiger partial charge in [0.05, 0.1) is 5.39 Å². The van der Waals surface area contributed by atoms with E-state index in [1.165, 1.54) is 11.8 Å².